The largest absolute Gasteiger partial charge is 0.419 e. The summed E-state index contributed by atoms with van der Waals surface area (Å²) in [5.74, 6) is -2.27. The molecule has 0 aromatic heterocycles. The molecule has 3 rings (SSSR count). The average Bonchev–Trinajstić information content (AvgIpc) is 2.92. The van der Waals surface area contributed by atoms with Crippen LogP contribution in [0.5, 0.6) is 0 Å². The van der Waals surface area contributed by atoms with Gasteiger partial charge in [-0.2, -0.15) is 0 Å². The van der Waals surface area contributed by atoms with Gasteiger partial charge in [0.15, 0.2) is 5.57 Å². The molecule has 2 aromatic carbocycles. The molecule has 42 heavy (non-hydrogen) atoms. The third kappa shape index (κ3) is 9.01. The monoisotopic (exact) mass is 577 g/mol. The molecule has 1 aliphatic rings. The van der Waals surface area contributed by atoms with Gasteiger partial charge in [-0.1, -0.05) is 70.2 Å². The van der Waals surface area contributed by atoms with E-state index in [0.29, 0.717) is 12.4 Å². The summed E-state index contributed by atoms with van der Waals surface area (Å²) in [4.78, 5) is 31.1. The second-order valence-corrected chi connectivity index (χ2v) is 12.2. The van der Waals surface area contributed by atoms with Gasteiger partial charge in [-0.3, -0.25) is 0 Å². The zero-order chi connectivity index (χ0) is 30.9. The van der Waals surface area contributed by atoms with E-state index in [4.69, 9.17) is 9.47 Å². The molecule has 7 heteroatoms. The number of esters is 2. The summed E-state index contributed by atoms with van der Waals surface area (Å²) in [6.07, 6.45) is 8.87. The minimum atomic E-state index is -1.32. The fraction of sp³-hybridized carbons (Fsp3) is 0.543. The standard InChI is InChI=1S/C35H51N3O4/c1-9-11-13-15-26(4)38(24-28-19-17-27(18-20-28)16-14-12-10-2)32(31-33(39)41-35(5,6)42-34(31)40)36-30-22-21-29(37(7)8)23-25(30)3/h17-23,26,36H,9-16,24H2,1-8H3. The number of carbonyl (C=O) groups excluding carboxylic acids is 2. The van der Waals surface area contributed by atoms with E-state index in [2.05, 4.69) is 61.3 Å². The highest BCUT2D eigenvalue weighted by Gasteiger charge is 2.42. The van der Waals surface area contributed by atoms with Gasteiger partial charge < -0.3 is 24.6 Å². The van der Waals surface area contributed by atoms with Gasteiger partial charge in [-0.05, 0) is 68.0 Å². The highest BCUT2D eigenvalue weighted by molar-refractivity contribution is 6.16. The Morgan fingerprint density at radius 3 is 2.05 bits per heavy atom. The van der Waals surface area contributed by atoms with Crippen molar-refractivity contribution in [3.8, 4) is 0 Å². The zero-order valence-electron chi connectivity index (χ0n) is 27.0. The van der Waals surface area contributed by atoms with Crippen LogP contribution in [0.25, 0.3) is 0 Å². The average molecular weight is 578 g/mol. The smallest absolute Gasteiger partial charge is 0.352 e. The lowest BCUT2D eigenvalue weighted by atomic mass is 10.0. The summed E-state index contributed by atoms with van der Waals surface area (Å²) < 4.78 is 11.2. The first kappa shape index (κ1) is 33.0. The van der Waals surface area contributed by atoms with Crippen molar-refractivity contribution in [2.75, 3.05) is 24.3 Å². The number of aryl methyl sites for hydroxylation is 2. The first-order chi connectivity index (χ1) is 20.0. The molecule has 0 radical (unpaired) electrons. The highest BCUT2D eigenvalue weighted by atomic mass is 16.7. The lowest BCUT2D eigenvalue weighted by Crippen LogP contribution is -2.45. The number of carbonyl (C=O) groups is 2. The van der Waals surface area contributed by atoms with Crippen LogP contribution in [0, 0.1) is 6.92 Å². The zero-order valence-corrected chi connectivity index (χ0v) is 27.0. The highest BCUT2D eigenvalue weighted by Crippen LogP contribution is 2.31. The van der Waals surface area contributed by atoms with Crippen LogP contribution in [0.4, 0.5) is 11.4 Å². The Kier molecular flexibility index (Phi) is 11.9. The predicted octanol–water partition coefficient (Wildman–Crippen LogP) is 7.72. The van der Waals surface area contributed by atoms with Crippen LogP contribution in [-0.4, -0.2) is 42.8 Å². The van der Waals surface area contributed by atoms with Crippen LogP contribution in [0.3, 0.4) is 0 Å². The molecule has 1 heterocycles. The van der Waals surface area contributed by atoms with E-state index < -0.39 is 17.7 Å². The normalized spacial score (nSPS) is 15.1. The first-order valence-corrected chi connectivity index (χ1v) is 15.6. The number of rotatable bonds is 15. The summed E-state index contributed by atoms with van der Waals surface area (Å²) in [5, 5.41) is 3.49. The van der Waals surface area contributed by atoms with Gasteiger partial charge in [-0.15, -0.1) is 0 Å². The van der Waals surface area contributed by atoms with Crippen LogP contribution >= 0.6 is 0 Å². The minimum Gasteiger partial charge on any atom is -0.419 e. The van der Waals surface area contributed by atoms with Gasteiger partial charge in [-0.25, -0.2) is 9.59 Å². The second-order valence-electron chi connectivity index (χ2n) is 12.2. The molecule has 1 atom stereocenters. The molecule has 0 saturated carbocycles. The summed E-state index contributed by atoms with van der Waals surface area (Å²) in [5.41, 5.74) is 5.19. The Balaban J connectivity index is 2.08. The van der Waals surface area contributed by atoms with Gasteiger partial charge >= 0.3 is 11.9 Å². The molecule has 0 aliphatic carbocycles. The van der Waals surface area contributed by atoms with E-state index in [1.54, 1.807) is 13.8 Å². The van der Waals surface area contributed by atoms with Crippen molar-refractivity contribution in [2.45, 2.75) is 111 Å². The Hall–Kier alpha value is -3.48. The molecule has 230 valence electrons. The fourth-order valence-electron chi connectivity index (χ4n) is 5.21. The summed E-state index contributed by atoms with van der Waals surface area (Å²) in [7, 11) is 4.00. The molecule has 7 nitrogen and oxygen atoms in total. The topological polar surface area (TPSA) is 71.1 Å². The molecule has 0 bridgehead atoms. The van der Waals surface area contributed by atoms with Crippen molar-refractivity contribution in [3.05, 3.63) is 70.5 Å². The number of nitrogens with one attached hydrogen (secondary N) is 1. The van der Waals surface area contributed by atoms with Gasteiger partial charge in [0, 0.05) is 51.9 Å². The Morgan fingerprint density at radius 2 is 1.48 bits per heavy atom. The lowest BCUT2D eigenvalue weighted by Gasteiger charge is -2.37. The fourth-order valence-corrected chi connectivity index (χ4v) is 5.21. The second kappa shape index (κ2) is 15.1. The maximum absolute atomic E-state index is 13.4. The maximum atomic E-state index is 13.4. The Labute approximate surface area is 253 Å². The summed E-state index contributed by atoms with van der Waals surface area (Å²) >= 11 is 0. The van der Waals surface area contributed by atoms with E-state index in [-0.39, 0.29) is 11.6 Å². The van der Waals surface area contributed by atoms with E-state index in [9.17, 15) is 9.59 Å². The molecule has 0 amide bonds. The number of hydrogen-bond acceptors (Lipinski definition) is 7. The van der Waals surface area contributed by atoms with E-state index in [0.717, 1.165) is 54.6 Å². The van der Waals surface area contributed by atoms with Crippen LogP contribution in [-0.2, 0) is 32.0 Å². The predicted molar refractivity (Wildman–Crippen MR) is 171 cm³/mol. The minimum absolute atomic E-state index is 0.0349. The molecular formula is C35H51N3O4. The Morgan fingerprint density at radius 1 is 0.881 bits per heavy atom. The van der Waals surface area contributed by atoms with Crippen molar-refractivity contribution >= 4 is 23.3 Å². The Bertz CT molecular complexity index is 1210. The number of benzene rings is 2. The maximum Gasteiger partial charge on any atom is 0.352 e. The van der Waals surface area contributed by atoms with E-state index in [1.807, 2.05) is 38.1 Å². The van der Waals surface area contributed by atoms with Crippen LogP contribution in [0.15, 0.2) is 53.9 Å². The SMILES string of the molecule is CCCCCc1ccc(CN(C(Nc2ccc(N(C)C)cc2C)=C2C(=O)OC(C)(C)OC2=O)C(C)CCCCC)cc1. The molecule has 0 spiro atoms. The van der Waals surface area contributed by atoms with Gasteiger partial charge in [0.05, 0.1) is 0 Å². The quantitative estimate of drug-likeness (QED) is 0.101. The molecular weight excluding hydrogens is 526 g/mol. The van der Waals surface area contributed by atoms with Gasteiger partial charge in [0.25, 0.3) is 5.79 Å². The van der Waals surface area contributed by atoms with Crippen LogP contribution in [0.1, 0.15) is 96.3 Å². The third-order valence-electron chi connectivity index (χ3n) is 7.79. The van der Waals surface area contributed by atoms with Gasteiger partial charge in [0.1, 0.15) is 5.82 Å². The number of hydrogen-bond donors (Lipinski definition) is 1. The summed E-state index contributed by atoms with van der Waals surface area (Å²) in [6.45, 7) is 12.3. The number of cyclic esters (lactones) is 2. The van der Waals surface area contributed by atoms with Crippen LogP contribution in [0.2, 0.25) is 0 Å². The lowest BCUT2D eigenvalue weighted by molar-refractivity contribution is -0.222. The summed E-state index contributed by atoms with van der Waals surface area (Å²) in [6, 6.07) is 14.8. The van der Waals surface area contributed by atoms with Crippen molar-refractivity contribution in [3.63, 3.8) is 0 Å². The molecule has 1 unspecified atom stereocenters. The molecule has 2 aromatic rings. The van der Waals surface area contributed by atoms with Crippen molar-refractivity contribution in [1.82, 2.24) is 4.90 Å². The van der Waals surface area contributed by atoms with Crippen molar-refractivity contribution in [2.24, 2.45) is 0 Å². The molecule has 1 saturated heterocycles. The molecule has 1 aliphatic heterocycles. The molecule has 1 fully saturated rings. The van der Waals surface area contributed by atoms with Crippen molar-refractivity contribution in [1.29, 1.82) is 0 Å². The van der Waals surface area contributed by atoms with Crippen molar-refractivity contribution < 1.29 is 19.1 Å². The van der Waals surface area contributed by atoms with Gasteiger partial charge in [0.2, 0.25) is 0 Å². The van der Waals surface area contributed by atoms with Crippen LogP contribution < -0.4 is 10.2 Å². The third-order valence-corrected chi connectivity index (χ3v) is 7.79. The van der Waals surface area contributed by atoms with E-state index >= 15 is 0 Å². The number of anilines is 2. The number of unbranched alkanes of at least 4 members (excludes halogenated alkanes) is 4. The van der Waals surface area contributed by atoms with E-state index in [1.165, 1.54) is 24.8 Å². The number of nitrogens with zero attached hydrogens (tertiary/aromatic N) is 2. The number of ether oxygens (including phenoxy) is 2. The first-order valence-electron chi connectivity index (χ1n) is 15.6. The molecule has 1 N–H and O–H groups in total.